The van der Waals surface area contributed by atoms with Crippen molar-refractivity contribution in [3.05, 3.63) is 15.6 Å². The van der Waals surface area contributed by atoms with Crippen molar-refractivity contribution < 1.29 is 14.7 Å². The van der Waals surface area contributed by atoms with Gasteiger partial charge in [-0.2, -0.15) is 0 Å². The number of carbonyl (C=O) groups excluding carboxylic acids is 1. The van der Waals surface area contributed by atoms with Gasteiger partial charge in [0.15, 0.2) is 0 Å². The number of carbonyl (C=O) groups is 2. The molecule has 6 heteroatoms. The van der Waals surface area contributed by atoms with Crippen molar-refractivity contribution >= 4 is 23.2 Å². The Balaban J connectivity index is 3.10. The van der Waals surface area contributed by atoms with E-state index in [1.807, 2.05) is 27.7 Å². The Bertz CT molecular complexity index is 474. The maximum absolute atomic E-state index is 12.4. The monoisotopic (exact) mass is 270 g/mol. The number of aliphatic carboxylic acids is 1. The van der Waals surface area contributed by atoms with Gasteiger partial charge in [-0.25, -0.2) is 4.98 Å². The number of hydrogen-bond donors (Lipinski definition) is 1. The van der Waals surface area contributed by atoms with Gasteiger partial charge in [0.2, 0.25) is 0 Å². The van der Waals surface area contributed by atoms with Crippen molar-refractivity contribution in [1.29, 1.82) is 0 Å². The van der Waals surface area contributed by atoms with Crippen molar-refractivity contribution in [2.24, 2.45) is 0 Å². The zero-order valence-electron chi connectivity index (χ0n) is 11.3. The lowest BCUT2D eigenvalue weighted by Gasteiger charge is -2.34. The third-order valence-corrected chi connectivity index (χ3v) is 3.51. The molecule has 0 spiro atoms. The minimum Gasteiger partial charge on any atom is -0.480 e. The largest absolute Gasteiger partial charge is 0.480 e. The van der Waals surface area contributed by atoms with E-state index in [4.69, 9.17) is 5.11 Å². The molecule has 5 nitrogen and oxygen atoms in total. The minimum absolute atomic E-state index is 0.270. The fraction of sp³-hybridized carbons (Fsp3) is 0.583. The molecule has 1 heterocycles. The third-order valence-electron chi connectivity index (χ3n) is 2.45. The molecule has 0 unspecified atom stereocenters. The van der Waals surface area contributed by atoms with Crippen molar-refractivity contribution in [2.75, 3.05) is 6.54 Å². The quantitative estimate of drug-likeness (QED) is 0.913. The number of hydrogen-bond acceptors (Lipinski definition) is 4. The van der Waals surface area contributed by atoms with Crippen LogP contribution in [0.15, 0.2) is 0 Å². The van der Waals surface area contributed by atoms with Gasteiger partial charge in [-0.15, -0.1) is 11.3 Å². The normalized spacial score (nSPS) is 11.4. The highest BCUT2D eigenvalue weighted by Gasteiger charge is 2.31. The molecule has 0 aliphatic rings. The van der Waals surface area contributed by atoms with E-state index < -0.39 is 11.5 Å². The summed E-state index contributed by atoms with van der Waals surface area (Å²) in [5.41, 5.74) is 0.113. The van der Waals surface area contributed by atoms with Gasteiger partial charge < -0.3 is 10.0 Å². The Morgan fingerprint density at radius 2 is 1.89 bits per heavy atom. The Hall–Kier alpha value is -1.43. The summed E-state index contributed by atoms with van der Waals surface area (Å²) >= 11 is 1.30. The summed E-state index contributed by atoms with van der Waals surface area (Å²) in [7, 11) is 0. The molecule has 1 aromatic heterocycles. The lowest BCUT2D eigenvalue weighted by molar-refractivity contribution is -0.138. The zero-order valence-corrected chi connectivity index (χ0v) is 12.1. The molecule has 18 heavy (non-hydrogen) atoms. The number of aromatic nitrogens is 1. The maximum Gasteiger partial charge on any atom is 0.323 e. The fourth-order valence-electron chi connectivity index (χ4n) is 1.60. The van der Waals surface area contributed by atoms with Gasteiger partial charge in [0.25, 0.3) is 5.91 Å². The van der Waals surface area contributed by atoms with E-state index in [1.165, 1.54) is 16.2 Å². The van der Waals surface area contributed by atoms with E-state index in [2.05, 4.69) is 4.98 Å². The molecule has 0 aliphatic heterocycles. The summed E-state index contributed by atoms with van der Waals surface area (Å²) in [4.78, 5) is 29.3. The molecular weight excluding hydrogens is 252 g/mol. The molecular formula is C12H18N2O3S. The highest BCUT2D eigenvalue weighted by atomic mass is 32.1. The molecule has 1 amide bonds. The average molecular weight is 270 g/mol. The van der Waals surface area contributed by atoms with Gasteiger partial charge in [-0.1, -0.05) is 0 Å². The van der Waals surface area contributed by atoms with Gasteiger partial charge in [0, 0.05) is 5.54 Å². The lowest BCUT2D eigenvalue weighted by Crippen LogP contribution is -2.48. The summed E-state index contributed by atoms with van der Waals surface area (Å²) in [6, 6.07) is 0. The first-order chi connectivity index (χ1) is 8.12. The Morgan fingerprint density at radius 1 is 1.33 bits per heavy atom. The van der Waals surface area contributed by atoms with Crippen LogP contribution in [0.2, 0.25) is 0 Å². The number of thiazole rings is 1. The molecule has 0 aromatic carbocycles. The van der Waals surface area contributed by atoms with Gasteiger partial charge in [0.1, 0.15) is 11.4 Å². The summed E-state index contributed by atoms with van der Waals surface area (Å²) in [6.45, 7) is 8.73. The van der Waals surface area contributed by atoms with Crippen LogP contribution in [-0.4, -0.2) is 39.0 Å². The second-order valence-corrected chi connectivity index (χ2v) is 6.31. The predicted octanol–water partition coefficient (Wildman–Crippen LogP) is 2.09. The highest BCUT2D eigenvalue weighted by molar-refractivity contribution is 7.13. The number of nitrogens with zero attached hydrogens (tertiary/aromatic N) is 2. The SMILES string of the molecule is Cc1nc(C)c(C(=O)N(CC(=O)O)C(C)(C)C)s1. The van der Waals surface area contributed by atoms with Gasteiger partial charge in [-0.05, 0) is 34.6 Å². The van der Waals surface area contributed by atoms with Crippen LogP contribution in [-0.2, 0) is 4.79 Å². The second kappa shape index (κ2) is 5.06. The number of carboxylic acid groups (broad SMARTS) is 1. The molecule has 0 aliphatic carbocycles. The van der Waals surface area contributed by atoms with Crippen LogP contribution in [0.5, 0.6) is 0 Å². The Labute approximate surface area is 110 Å². The minimum atomic E-state index is -1.02. The molecule has 1 aromatic rings. The van der Waals surface area contributed by atoms with E-state index in [9.17, 15) is 9.59 Å². The van der Waals surface area contributed by atoms with Crippen LogP contribution in [0, 0.1) is 13.8 Å². The smallest absolute Gasteiger partial charge is 0.323 e. The lowest BCUT2D eigenvalue weighted by atomic mass is 10.1. The molecule has 0 saturated heterocycles. The van der Waals surface area contributed by atoms with Crippen molar-refractivity contribution in [1.82, 2.24) is 9.88 Å². The Morgan fingerprint density at radius 3 is 2.22 bits per heavy atom. The average Bonchev–Trinajstić information content (AvgIpc) is 2.51. The van der Waals surface area contributed by atoms with E-state index in [0.717, 1.165) is 5.01 Å². The van der Waals surface area contributed by atoms with Crippen molar-refractivity contribution in [3.8, 4) is 0 Å². The predicted molar refractivity (Wildman–Crippen MR) is 70.0 cm³/mol. The molecule has 0 bridgehead atoms. The summed E-state index contributed by atoms with van der Waals surface area (Å²) in [5.74, 6) is -1.29. The van der Waals surface area contributed by atoms with E-state index in [1.54, 1.807) is 6.92 Å². The molecule has 0 fully saturated rings. The molecule has 1 N–H and O–H groups in total. The Kier molecular flexibility index (Phi) is 4.11. The summed E-state index contributed by atoms with van der Waals surface area (Å²) in [5, 5.41) is 9.72. The molecule has 0 saturated carbocycles. The standard InChI is InChI=1S/C12H18N2O3S/c1-7-10(18-8(2)13-7)11(17)14(6-9(15)16)12(3,4)5/h6H2,1-5H3,(H,15,16). The van der Waals surface area contributed by atoms with Gasteiger partial charge in [-0.3, -0.25) is 9.59 Å². The van der Waals surface area contributed by atoms with E-state index in [0.29, 0.717) is 10.6 Å². The molecule has 0 radical (unpaired) electrons. The molecule has 1 rings (SSSR count). The number of aryl methyl sites for hydroxylation is 2. The van der Waals surface area contributed by atoms with Crippen LogP contribution in [0.3, 0.4) is 0 Å². The fourth-order valence-corrected chi connectivity index (χ4v) is 2.47. The summed E-state index contributed by atoms with van der Waals surface area (Å²) < 4.78 is 0. The zero-order chi connectivity index (χ0) is 14.1. The third kappa shape index (κ3) is 3.29. The number of rotatable bonds is 3. The van der Waals surface area contributed by atoms with Gasteiger partial charge >= 0.3 is 5.97 Å². The van der Waals surface area contributed by atoms with Crippen molar-refractivity contribution in [3.63, 3.8) is 0 Å². The number of carboxylic acids is 1. The van der Waals surface area contributed by atoms with Crippen molar-refractivity contribution in [2.45, 2.75) is 40.2 Å². The first-order valence-electron chi connectivity index (χ1n) is 5.60. The van der Waals surface area contributed by atoms with Crippen LogP contribution in [0.1, 0.15) is 41.1 Å². The van der Waals surface area contributed by atoms with Crippen LogP contribution >= 0.6 is 11.3 Å². The topological polar surface area (TPSA) is 70.5 Å². The van der Waals surface area contributed by atoms with Crippen LogP contribution in [0.25, 0.3) is 0 Å². The van der Waals surface area contributed by atoms with E-state index >= 15 is 0 Å². The first kappa shape index (κ1) is 14.6. The highest BCUT2D eigenvalue weighted by Crippen LogP contribution is 2.23. The first-order valence-corrected chi connectivity index (χ1v) is 6.42. The van der Waals surface area contributed by atoms with Crippen LogP contribution in [0.4, 0.5) is 0 Å². The molecule has 100 valence electrons. The molecule has 0 atom stereocenters. The van der Waals surface area contributed by atoms with Gasteiger partial charge in [0.05, 0.1) is 10.7 Å². The number of amides is 1. The summed E-state index contributed by atoms with van der Waals surface area (Å²) in [6.07, 6.45) is 0. The maximum atomic E-state index is 12.4. The van der Waals surface area contributed by atoms with Crippen LogP contribution < -0.4 is 0 Å². The van der Waals surface area contributed by atoms with E-state index in [-0.39, 0.29) is 12.5 Å². The second-order valence-electron chi connectivity index (χ2n) is 5.10.